The van der Waals surface area contributed by atoms with Crippen LogP contribution in [0.2, 0.25) is 0 Å². The van der Waals surface area contributed by atoms with Crippen molar-refractivity contribution in [3.8, 4) is 5.75 Å². The molecular formula is C14H24N6O. The Bertz CT molecular complexity index is 574. The molecule has 2 rings (SSSR count). The maximum absolute atomic E-state index is 5.47. The zero-order valence-electron chi connectivity index (χ0n) is 13.4. The predicted octanol–water partition coefficient (Wildman–Crippen LogP) is 0.496. The average molecular weight is 292 g/mol. The Morgan fingerprint density at radius 1 is 1.43 bits per heavy atom. The smallest absolute Gasteiger partial charge is 0.161 e. The first kappa shape index (κ1) is 15.5. The molecule has 0 saturated carbocycles. The van der Waals surface area contributed by atoms with Crippen molar-refractivity contribution in [2.45, 2.75) is 12.6 Å². The summed E-state index contributed by atoms with van der Waals surface area (Å²) in [5.41, 5.74) is 1.95. The second-order valence-corrected chi connectivity index (χ2v) is 5.26. The summed E-state index contributed by atoms with van der Waals surface area (Å²) in [5.74, 6) is 0.777. The van der Waals surface area contributed by atoms with E-state index in [0.717, 1.165) is 30.2 Å². The molecule has 0 spiro atoms. The molecule has 116 valence electrons. The van der Waals surface area contributed by atoms with E-state index in [9.17, 15) is 0 Å². The van der Waals surface area contributed by atoms with Crippen LogP contribution in [0.5, 0.6) is 5.75 Å². The van der Waals surface area contributed by atoms with Crippen molar-refractivity contribution in [1.29, 1.82) is 0 Å². The summed E-state index contributed by atoms with van der Waals surface area (Å²) in [7, 11) is 9.60. The number of nitrogens with zero attached hydrogens (tertiary/aromatic N) is 5. The van der Waals surface area contributed by atoms with E-state index in [1.807, 2.05) is 31.0 Å². The van der Waals surface area contributed by atoms with Gasteiger partial charge < -0.3 is 15.0 Å². The van der Waals surface area contributed by atoms with Crippen LogP contribution in [0.1, 0.15) is 17.4 Å². The van der Waals surface area contributed by atoms with E-state index in [1.54, 1.807) is 18.0 Å². The number of ether oxygens (including phenoxy) is 1. The van der Waals surface area contributed by atoms with Crippen LogP contribution < -0.4 is 10.1 Å². The first-order valence-electron chi connectivity index (χ1n) is 6.98. The first-order valence-corrected chi connectivity index (χ1v) is 6.98. The fraction of sp³-hybridized carbons (Fsp3) is 0.571. The van der Waals surface area contributed by atoms with Gasteiger partial charge in [0.25, 0.3) is 0 Å². The summed E-state index contributed by atoms with van der Waals surface area (Å²) in [6, 6.07) is 1.95. The topological polar surface area (TPSA) is 60.1 Å². The van der Waals surface area contributed by atoms with Crippen LogP contribution in [0, 0.1) is 0 Å². The van der Waals surface area contributed by atoms with Gasteiger partial charge in [-0.2, -0.15) is 10.2 Å². The molecule has 2 aromatic heterocycles. The average Bonchev–Trinajstić information content (AvgIpc) is 3.05. The summed E-state index contributed by atoms with van der Waals surface area (Å²) in [6.45, 7) is 1.72. The highest BCUT2D eigenvalue weighted by Crippen LogP contribution is 2.28. The van der Waals surface area contributed by atoms with Gasteiger partial charge in [-0.25, -0.2) is 0 Å². The minimum absolute atomic E-state index is 0.0502. The number of hydrogen-bond acceptors (Lipinski definition) is 5. The lowest BCUT2D eigenvalue weighted by Gasteiger charge is -2.18. The van der Waals surface area contributed by atoms with Crippen molar-refractivity contribution in [2.75, 3.05) is 34.8 Å². The zero-order chi connectivity index (χ0) is 15.4. The van der Waals surface area contributed by atoms with Crippen molar-refractivity contribution in [2.24, 2.45) is 7.05 Å². The fourth-order valence-electron chi connectivity index (χ4n) is 2.31. The highest BCUT2D eigenvalue weighted by Gasteiger charge is 2.24. The van der Waals surface area contributed by atoms with E-state index < -0.39 is 0 Å². The van der Waals surface area contributed by atoms with E-state index >= 15 is 0 Å². The minimum Gasteiger partial charge on any atom is -0.493 e. The Morgan fingerprint density at radius 3 is 2.71 bits per heavy atom. The van der Waals surface area contributed by atoms with Crippen molar-refractivity contribution < 1.29 is 4.74 Å². The van der Waals surface area contributed by atoms with Gasteiger partial charge in [0.05, 0.1) is 31.6 Å². The molecule has 0 aliphatic heterocycles. The van der Waals surface area contributed by atoms with E-state index in [-0.39, 0.29) is 6.04 Å². The van der Waals surface area contributed by atoms with Crippen LogP contribution in [-0.2, 0) is 13.6 Å². The quantitative estimate of drug-likeness (QED) is 0.805. The maximum Gasteiger partial charge on any atom is 0.161 e. The van der Waals surface area contributed by atoms with Gasteiger partial charge in [-0.3, -0.25) is 9.36 Å². The first-order chi connectivity index (χ1) is 10.1. The molecule has 0 aliphatic rings. The molecule has 1 unspecified atom stereocenters. The Balaban J connectivity index is 2.36. The van der Waals surface area contributed by atoms with Gasteiger partial charge in [0, 0.05) is 19.8 Å². The number of rotatable bonds is 7. The third-order valence-corrected chi connectivity index (χ3v) is 3.42. The Labute approximate surface area is 125 Å². The highest BCUT2D eigenvalue weighted by molar-refractivity contribution is 5.33. The lowest BCUT2D eigenvalue weighted by Crippen LogP contribution is -2.26. The second-order valence-electron chi connectivity index (χ2n) is 5.26. The van der Waals surface area contributed by atoms with E-state index in [0.29, 0.717) is 0 Å². The molecule has 7 nitrogen and oxygen atoms in total. The van der Waals surface area contributed by atoms with Crippen LogP contribution in [0.4, 0.5) is 0 Å². The summed E-state index contributed by atoms with van der Waals surface area (Å²) >= 11 is 0. The van der Waals surface area contributed by atoms with Crippen LogP contribution in [-0.4, -0.2) is 59.3 Å². The molecular weight excluding hydrogens is 268 g/mol. The molecule has 0 amide bonds. The lowest BCUT2D eigenvalue weighted by atomic mass is 10.1. The van der Waals surface area contributed by atoms with Gasteiger partial charge >= 0.3 is 0 Å². The highest BCUT2D eigenvalue weighted by atomic mass is 16.5. The van der Waals surface area contributed by atoms with Crippen molar-refractivity contribution >= 4 is 0 Å². The number of aryl methyl sites for hydroxylation is 1. The Morgan fingerprint density at radius 2 is 2.19 bits per heavy atom. The number of nitrogens with one attached hydrogen (secondary N) is 1. The molecule has 2 heterocycles. The number of aromatic nitrogens is 4. The van der Waals surface area contributed by atoms with Gasteiger partial charge in [0.2, 0.25) is 0 Å². The van der Waals surface area contributed by atoms with Crippen LogP contribution in [0.15, 0.2) is 18.5 Å². The van der Waals surface area contributed by atoms with E-state index in [1.165, 1.54) is 0 Å². The standard InChI is InChI=1S/C14H24N6O/c1-15-13(11-6-7-19(4)17-11)14-12(21-5)10-16-20(14)9-8-18(2)3/h6-7,10,13,15H,8-9H2,1-5H3. The van der Waals surface area contributed by atoms with E-state index in [4.69, 9.17) is 4.74 Å². The van der Waals surface area contributed by atoms with Crippen molar-refractivity contribution in [3.63, 3.8) is 0 Å². The molecule has 1 N–H and O–H groups in total. The predicted molar refractivity (Wildman–Crippen MR) is 81.4 cm³/mol. The summed E-state index contributed by atoms with van der Waals surface area (Å²) in [6.07, 6.45) is 3.70. The van der Waals surface area contributed by atoms with Gasteiger partial charge in [0.15, 0.2) is 5.75 Å². The molecule has 0 aliphatic carbocycles. The summed E-state index contributed by atoms with van der Waals surface area (Å²) < 4.78 is 9.25. The molecule has 0 fully saturated rings. The van der Waals surface area contributed by atoms with E-state index in [2.05, 4.69) is 34.5 Å². The van der Waals surface area contributed by atoms with Gasteiger partial charge in [-0.05, 0) is 27.2 Å². The summed E-state index contributed by atoms with van der Waals surface area (Å²) in [5, 5.41) is 12.3. The minimum atomic E-state index is -0.0502. The number of likely N-dealkylation sites (N-methyl/N-ethyl adjacent to an activating group) is 1. The summed E-state index contributed by atoms with van der Waals surface area (Å²) in [4.78, 5) is 2.13. The molecule has 2 aromatic rings. The zero-order valence-corrected chi connectivity index (χ0v) is 13.4. The number of hydrogen-bond donors (Lipinski definition) is 1. The normalized spacial score (nSPS) is 12.9. The lowest BCUT2D eigenvalue weighted by molar-refractivity contribution is 0.360. The van der Waals surface area contributed by atoms with Crippen LogP contribution in [0.3, 0.4) is 0 Å². The van der Waals surface area contributed by atoms with Crippen molar-refractivity contribution in [1.82, 2.24) is 29.8 Å². The molecule has 0 aromatic carbocycles. The fourth-order valence-corrected chi connectivity index (χ4v) is 2.31. The SMILES string of the molecule is CNC(c1ccn(C)n1)c1c(OC)cnn1CCN(C)C. The van der Waals surface area contributed by atoms with Gasteiger partial charge in [-0.1, -0.05) is 0 Å². The second kappa shape index (κ2) is 6.73. The van der Waals surface area contributed by atoms with Crippen molar-refractivity contribution in [3.05, 3.63) is 29.8 Å². The molecule has 7 heteroatoms. The monoisotopic (exact) mass is 292 g/mol. The van der Waals surface area contributed by atoms with Crippen LogP contribution >= 0.6 is 0 Å². The van der Waals surface area contributed by atoms with Gasteiger partial charge in [-0.15, -0.1) is 0 Å². The molecule has 1 atom stereocenters. The third-order valence-electron chi connectivity index (χ3n) is 3.42. The number of methoxy groups -OCH3 is 1. The molecule has 0 saturated heterocycles. The molecule has 21 heavy (non-hydrogen) atoms. The largest absolute Gasteiger partial charge is 0.493 e. The molecule has 0 radical (unpaired) electrons. The Hall–Kier alpha value is -1.86. The Kier molecular flexibility index (Phi) is 4.98. The third kappa shape index (κ3) is 3.43. The van der Waals surface area contributed by atoms with Crippen LogP contribution in [0.25, 0.3) is 0 Å². The molecule has 0 bridgehead atoms. The maximum atomic E-state index is 5.47. The van der Waals surface area contributed by atoms with Gasteiger partial charge in [0.1, 0.15) is 5.69 Å².